The largest absolute Gasteiger partial charge is 0.483 e. The number of anilines is 2. The first-order valence-corrected chi connectivity index (χ1v) is 15.8. The van der Waals surface area contributed by atoms with Gasteiger partial charge in [0.2, 0.25) is 10.0 Å². The predicted octanol–water partition coefficient (Wildman–Crippen LogP) is 4.15. The van der Waals surface area contributed by atoms with Crippen molar-refractivity contribution in [2.24, 2.45) is 0 Å². The van der Waals surface area contributed by atoms with Gasteiger partial charge in [-0.15, -0.1) is 0 Å². The molecule has 4 N–H and O–H groups in total. The average Bonchev–Trinajstić information content (AvgIpc) is 3.33. The van der Waals surface area contributed by atoms with Crippen molar-refractivity contribution in [2.75, 3.05) is 29.0 Å². The highest BCUT2D eigenvalue weighted by Crippen LogP contribution is 2.37. The van der Waals surface area contributed by atoms with Gasteiger partial charge < -0.3 is 25.4 Å². The number of carbonyl (C=O) groups is 2. The third-order valence-electron chi connectivity index (χ3n) is 7.47. The van der Waals surface area contributed by atoms with Crippen molar-refractivity contribution < 1.29 is 28.2 Å². The summed E-state index contributed by atoms with van der Waals surface area (Å²) < 4.78 is 29.1. The van der Waals surface area contributed by atoms with Gasteiger partial charge in [-0.25, -0.2) is 8.42 Å². The van der Waals surface area contributed by atoms with E-state index in [1.54, 1.807) is 18.2 Å². The molecule has 0 aliphatic carbocycles. The van der Waals surface area contributed by atoms with Crippen LogP contribution in [-0.2, 0) is 34.2 Å². The minimum absolute atomic E-state index is 0.00843. The molecule has 0 spiro atoms. The molecule has 2 heterocycles. The van der Waals surface area contributed by atoms with Crippen LogP contribution in [0, 0.1) is 0 Å². The monoisotopic (exact) mass is 626 g/mol. The molecule has 1 amide bonds. The number of aryl methyl sites for hydroxylation is 2. The lowest BCUT2D eigenvalue weighted by Gasteiger charge is -2.26. The highest BCUT2D eigenvalue weighted by atomic mass is 35.5. The fourth-order valence-electron chi connectivity index (χ4n) is 5.18. The van der Waals surface area contributed by atoms with E-state index in [0.717, 1.165) is 27.7 Å². The Balaban J connectivity index is 0.00000135. The van der Waals surface area contributed by atoms with E-state index >= 15 is 0 Å². The molecule has 0 bridgehead atoms. The lowest BCUT2D eigenvalue weighted by molar-refractivity contribution is -0.122. The number of nitrogens with one attached hydrogen (secondary N) is 2. The molecule has 10 nitrogen and oxygen atoms in total. The number of rotatable bonds is 9. The van der Waals surface area contributed by atoms with E-state index in [9.17, 15) is 18.3 Å². The molecule has 0 unspecified atom stereocenters. The first-order valence-electron chi connectivity index (χ1n) is 13.8. The van der Waals surface area contributed by atoms with Gasteiger partial charge in [-0.2, -0.15) is 0 Å². The van der Waals surface area contributed by atoms with Crippen molar-refractivity contribution in [2.45, 2.75) is 38.5 Å². The second kappa shape index (κ2) is 13.9. The van der Waals surface area contributed by atoms with Crippen LogP contribution in [0.15, 0.2) is 72.9 Å². The van der Waals surface area contributed by atoms with Crippen molar-refractivity contribution >= 4 is 56.3 Å². The van der Waals surface area contributed by atoms with Gasteiger partial charge in [-0.3, -0.25) is 13.9 Å². The second-order valence-electron chi connectivity index (χ2n) is 10.2. The third kappa shape index (κ3) is 7.48. The van der Waals surface area contributed by atoms with Gasteiger partial charge in [0.05, 0.1) is 29.1 Å². The second-order valence-corrected chi connectivity index (χ2v) is 12.7. The van der Waals surface area contributed by atoms with Crippen molar-refractivity contribution in [3.63, 3.8) is 0 Å². The first kappa shape index (κ1) is 31.9. The molecule has 0 saturated heterocycles. The highest BCUT2D eigenvalue weighted by Gasteiger charge is 2.29. The van der Waals surface area contributed by atoms with Gasteiger partial charge in [-0.1, -0.05) is 41.9 Å². The lowest BCUT2D eigenvalue weighted by atomic mass is 10.00. The highest BCUT2D eigenvalue weighted by molar-refractivity contribution is 7.92. The number of hydrogen-bond donors (Lipinski definition) is 4. The Hall–Kier alpha value is -4.06. The molecule has 4 aromatic rings. The molecule has 0 radical (unpaired) electrons. The molecule has 1 aliphatic heterocycles. The Morgan fingerprint density at radius 3 is 2.44 bits per heavy atom. The number of sulfonamides is 1. The molecule has 43 heavy (non-hydrogen) atoms. The number of carboxylic acid groups (broad SMARTS) is 1. The van der Waals surface area contributed by atoms with Crippen LogP contribution in [0.25, 0.3) is 10.9 Å². The number of aliphatic hydroxyl groups is 1. The van der Waals surface area contributed by atoms with Crippen LogP contribution in [0.1, 0.15) is 28.4 Å². The SMILES string of the molecule is CCn1cc2c3c(cc(C(=O)N[C@@H](Cc4ccccc4)[C@H](O)CNc4ccc(Cl)cc4)cc31)N(C)S(=O)(=O)CC2.O=CO. The van der Waals surface area contributed by atoms with Crippen molar-refractivity contribution in [3.8, 4) is 0 Å². The lowest BCUT2D eigenvalue weighted by Crippen LogP contribution is -2.47. The minimum Gasteiger partial charge on any atom is -0.483 e. The van der Waals surface area contributed by atoms with Crippen LogP contribution in [0.4, 0.5) is 11.4 Å². The van der Waals surface area contributed by atoms with Crippen LogP contribution >= 0.6 is 11.6 Å². The maximum absolute atomic E-state index is 13.7. The molecule has 0 saturated carbocycles. The van der Waals surface area contributed by atoms with Gasteiger partial charge >= 0.3 is 0 Å². The van der Waals surface area contributed by atoms with Crippen LogP contribution in [0.2, 0.25) is 5.02 Å². The fourth-order valence-corrected chi connectivity index (χ4v) is 6.50. The maximum atomic E-state index is 13.7. The molecule has 12 heteroatoms. The summed E-state index contributed by atoms with van der Waals surface area (Å²) >= 11 is 5.98. The summed E-state index contributed by atoms with van der Waals surface area (Å²) in [5.41, 5.74) is 4.37. The smallest absolute Gasteiger partial charge is 0.290 e. The van der Waals surface area contributed by atoms with E-state index in [1.165, 1.54) is 11.4 Å². The van der Waals surface area contributed by atoms with Gasteiger partial charge in [0.15, 0.2) is 0 Å². The zero-order chi connectivity index (χ0) is 31.1. The molecular formula is C31H35ClN4O6S. The van der Waals surface area contributed by atoms with Crippen molar-refractivity contribution in [1.82, 2.24) is 9.88 Å². The number of hydrogen-bond acceptors (Lipinski definition) is 6. The van der Waals surface area contributed by atoms with Crippen LogP contribution in [0.3, 0.4) is 0 Å². The Bertz CT molecular complexity index is 1680. The summed E-state index contributed by atoms with van der Waals surface area (Å²) in [7, 11) is -1.99. The molecule has 2 atom stereocenters. The van der Waals surface area contributed by atoms with E-state index < -0.39 is 22.2 Å². The van der Waals surface area contributed by atoms with Gasteiger partial charge in [0, 0.05) is 48.0 Å². The number of amides is 1. The van der Waals surface area contributed by atoms with Gasteiger partial charge in [0.1, 0.15) is 0 Å². The van der Waals surface area contributed by atoms with Crippen molar-refractivity contribution in [3.05, 3.63) is 94.6 Å². The summed E-state index contributed by atoms with van der Waals surface area (Å²) in [4.78, 5) is 22.1. The molecule has 0 fully saturated rings. The van der Waals surface area contributed by atoms with E-state index in [2.05, 4.69) is 10.6 Å². The number of benzene rings is 3. The molecule has 1 aromatic heterocycles. The Morgan fingerprint density at radius 1 is 1.12 bits per heavy atom. The Morgan fingerprint density at radius 2 is 1.79 bits per heavy atom. The van der Waals surface area contributed by atoms with E-state index in [-0.39, 0.29) is 24.7 Å². The van der Waals surface area contributed by atoms with Crippen LogP contribution < -0.4 is 14.9 Å². The molecular weight excluding hydrogens is 592 g/mol. The number of carbonyl (C=O) groups excluding carboxylic acids is 1. The standard InChI is InChI=1S/C30H33ClN4O4S.CH2O2/c1-3-35-19-21-13-14-40(38,39)34(2)26-16-22(17-27(35)29(21)26)30(37)33-25(15-20-7-5-4-6-8-20)28(36)18-32-24-11-9-23(31)10-12-24;2-1-3/h4-12,16-17,19,25,28,32,36H,3,13-15,18H2,1-2H3,(H,33,37);1H,(H,2,3)/t25-,28+;/m0./s1. The molecule has 3 aromatic carbocycles. The summed E-state index contributed by atoms with van der Waals surface area (Å²) in [6.07, 6.45) is 1.89. The molecule has 228 valence electrons. The predicted molar refractivity (Wildman–Crippen MR) is 170 cm³/mol. The van der Waals surface area contributed by atoms with Crippen LogP contribution in [-0.4, -0.2) is 67.1 Å². The summed E-state index contributed by atoms with van der Waals surface area (Å²) in [6, 6.07) is 19.7. The number of aliphatic hydroxyl groups excluding tert-OH is 1. The zero-order valence-electron chi connectivity index (χ0n) is 23.9. The van der Waals surface area contributed by atoms with E-state index in [4.69, 9.17) is 21.5 Å². The van der Waals surface area contributed by atoms with Crippen molar-refractivity contribution in [1.29, 1.82) is 0 Å². The third-order valence-corrected chi connectivity index (χ3v) is 9.47. The molecule has 5 rings (SSSR count). The summed E-state index contributed by atoms with van der Waals surface area (Å²) in [6.45, 7) is 2.65. The topological polar surface area (TPSA) is 141 Å². The maximum Gasteiger partial charge on any atom is 0.290 e. The fraction of sp³-hybridized carbons (Fsp3) is 0.290. The quantitative estimate of drug-likeness (QED) is 0.205. The van der Waals surface area contributed by atoms with Gasteiger partial charge in [0.25, 0.3) is 12.4 Å². The van der Waals surface area contributed by atoms with E-state index in [1.807, 2.05) is 66.2 Å². The number of nitrogens with zero attached hydrogens (tertiary/aromatic N) is 2. The summed E-state index contributed by atoms with van der Waals surface area (Å²) in [5.74, 6) is -0.376. The first-order chi connectivity index (χ1) is 20.6. The summed E-state index contributed by atoms with van der Waals surface area (Å²) in [5, 5.41) is 25.8. The zero-order valence-corrected chi connectivity index (χ0v) is 25.5. The minimum atomic E-state index is -3.52. The Kier molecular flexibility index (Phi) is 10.3. The average molecular weight is 627 g/mol. The normalized spacial score (nSPS) is 15.0. The van der Waals surface area contributed by atoms with Gasteiger partial charge in [-0.05, 0) is 67.3 Å². The van der Waals surface area contributed by atoms with E-state index in [0.29, 0.717) is 35.7 Å². The van der Waals surface area contributed by atoms with Crippen LogP contribution in [0.5, 0.6) is 0 Å². The number of halogens is 1. The Labute approximate surface area is 255 Å². The molecule has 1 aliphatic rings. The number of aromatic nitrogens is 1.